The first-order valence-corrected chi connectivity index (χ1v) is 10.4. The van der Waals surface area contributed by atoms with Gasteiger partial charge in [-0.2, -0.15) is 0 Å². The molecule has 0 radical (unpaired) electrons. The molecule has 2 aromatic carbocycles. The lowest BCUT2D eigenvalue weighted by Gasteiger charge is -2.16. The molecular formula is C20H25NO3S. The summed E-state index contributed by atoms with van der Waals surface area (Å²) in [5.74, 6) is 0.281. The van der Waals surface area contributed by atoms with Crippen LogP contribution in [0.1, 0.15) is 59.8 Å². The molecule has 0 aromatic heterocycles. The molecule has 5 heteroatoms. The van der Waals surface area contributed by atoms with E-state index in [2.05, 4.69) is 31.3 Å². The Morgan fingerprint density at radius 1 is 0.920 bits per heavy atom. The predicted octanol–water partition coefficient (Wildman–Crippen LogP) is 3.85. The van der Waals surface area contributed by atoms with E-state index in [0.29, 0.717) is 17.0 Å². The third kappa shape index (κ3) is 5.71. The quantitative estimate of drug-likeness (QED) is 0.852. The maximum Gasteiger partial charge on any atom is 0.251 e. The second kappa shape index (κ2) is 7.83. The van der Waals surface area contributed by atoms with E-state index in [4.69, 9.17) is 0 Å². The van der Waals surface area contributed by atoms with Crippen LogP contribution in [0.2, 0.25) is 0 Å². The molecule has 0 bridgehead atoms. The number of hydrogen-bond acceptors (Lipinski definition) is 3. The second-order valence-corrected chi connectivity index (χ2v) is 8.92. The number of amides is 1. The fourth-order valence-electron chi connectivity index (χ4n) is 2.59. The van der Waals surface area contributed by atoms with Crippen LogP contribution in [0.3, 0.4) is 0 Å². The Kier molecular flexibility index (Phi) is 6.01. The van der Waals surface area contributed by atoms with Crippen LogP contribution < -0.4 is 5.32 Å². The van der Waals surface area contributed by atoms with Gasteiger partial charge in [0.25, 0.3) is 5.91 Å². The summed E-state index contributed by atoms with van der Waals surface area (Å²) in [4.78, 5) is 12.4. The molecular weight excluding hydrogens is 334 g/mol. The van der Waals surface area contributed by atoms with E-state index in [-0.39, 0.29) is 17.7 Å². The van der Waals surface area contributed by atoms with Gasteiger partial charge >= 0.3 is 0 Å². The minimum absolute atomic E-state index is 0.0203. The van der Waals surface area contributed by atoms with Crippen LogP contribution in [-0.2, 0) is 15.6 Å². The number of hydrogen-bond donors (Lipinski definition) is 1. The van der Waals surface area contributed by atoms with Gasteiger partial charge in [-0.15, -0.1) is 0 Å². The van der Waals surface area contributed by atoms with Crippen LogP contribution >= 0.6 is 0 Å². The van der Waals surface area contributed by atoms with Crippen LogP contribution in [0, 0.1) is 0 Å². The molecule has 2 rings (SSSR count). The van der Waals surface area contributed by atoms with Gasteiger partial charge in [0, 0.05) is 11.8 Å². The molecule has 2 aromatic rings. The molecule has 134 valence electrons. The summed E-state index contributed by atoms with van der Waals surface area (Å²) in [6.45, 7) is 6.24. The molecule has 0 heterocycles. The van der Waals surface area contributed by atoms with Crippen molar-refractivity contribution >= 4 is 15.7 Å². The van der Waals surface area contributed by atoms with Crippen LogP contribution in [0.15, 0.2) is 48.5 Å². The highest BCUT2D eigenvalue weighted by Crippen LogP contribution is 2.19. The third-order valence-electron chi connectivity index (χ3n) is 4.10. The van der Waals surface area contributed by atoms with Crippen molar-refractivity contribution < 1.29 is 13.2 Å². The minimum Gasteiger partial charge on any atom is -0.346 e. The van der Waals surface area contributed by atoms with Crippen molar-refractivity contribution in [3.05, 3.63) is 70.8 Å². The summed E-state index contributed by atoms with van der Waals surface area (Å²) in [6.07, 6.45) is 1.19. The average Bonchev–Trinajstić information content (AvgIpc) is 2.54. The topological polar surface area (TPSA) is 63.2 Å². The summed E-state index contributed by atoms with van der Waals surface area (Å²) in [5, 5.41) is 2.97. The van der Waals surface area contributed by atoms with Crippen molar-refractivity contribution in [2.45, 2.75) is 38.5 Å². The van der Waals surface area contributed by atoms with Gasteiger partial charge in [-0.05, 0) is 41.7 Å². The van der Waals surface area contributed by atoms with Gasteiger partial charge in [-0.3, -0.25) is 4.79 Å². The first kappa shape index (κ1) is 19.2. The molecule has 0 aliphatic carbocycles. The average molecular weight is 359 g/mol. The van der Waals surface area contributed by atoms with Crippen LogP contribution in [0.25, 0.3) is 0 Å². The molecule has 0 aliphatic rings. The number of rotatable bonds is 6. The maximum absolute atomic E-state index is 12.4. The summed E-state index contributed by atoms with van der Waals surface area (Å²) in [6, 6.07) is 14.8. The maximum atomic E-state index is 12.4. The SMILES string of the molecule is CC(C)c1ccc(C(C)NC(=O)c2ccc(CS(C)(=O)=O)cc2)cc1. The lowest BCUT2D eigenvalue weighted by atomic mass is 9.99. The van der Waals surface area contributed by atoms with Gasteiger partial charge in [0.1, 0.15) is 0 Å². The van der Waals surface area contributed by atoms with Gasteiger partial charge in [0.05, 0.1) is 11.8 Å². The molecule has 0 spiro atoms. The molecule has 0 saturated heterocycles. The zero-order valence-electron chi connectivity index (χ0n) is 15.1. The largest absolute Gasteiger partial charge is 0.346 e. The molecule has 0 saturated carbocycles. The minimum atomic E-state index is -3.08. The number of carbonyl (C=O) groups excluding carboxylic acids is 1. The van der Waals surface area contributed by atoms with E-state index >= 15 is 0 Å². The van der Waals surface area contributed by atoms with Crippen LogP contribution in [0.5, 0.6) is 0 Å². The number of nitrogens with one attached hydrogen (secondary N) is 1. The van der Waals surface area contributed by atoms with Gasteiger partial charge < -0.3 is 5.32 Å². The highest BCUT2D eigenvalue weighted by atomic mass is 32.2. The van der Waals surface area contributed by atoms with E-state index in [1.807, 2.05) is 19.1 Å². The second-order valence-electron chi connectivity index (χ2n) is 6.78. The first-order valence-electron chi connectivity index (χ1n) is 8.33. The zero-order chi connectivity index (χ0) is 18.6. The summed E-state index contributed by atoms with van der Waals surface area (Å²) >= 11 is 0. The van der Waals surface area contributed by atoms with E-state index in [1.54, 1.807) is 24.3 Å². The summed E-state index contributed by atoms with van der Waals surface area (Å²) in [7, 11) is -3.08. The Morgan fingerprint density at radius 2 is 1.44 bits per heavy atom. The molecule has 1 amide bonds. The Hall–Kier alpha value is -2.14. The lowest BCUT2D eigenvalue weighted by molar-refractivity contribution is 0.0940. The van der Waals surface area contributed by atoms with Crippen LogP contribution in [-0.4, -0.2) is 20.6 Å². The Labute approximate surface area is 150 Å². The van der Waals surface area contributed by atoms with Crippen molar-refractivity contribution in [3.8, 4) is 0 Å². The highest BCUT2D eigenvalue weighted by Gasteiger charge is 2.12. The first-order chi connectivity index (χ1) is 11.7. The van der Waals surface area contributed by atoms with Gasteiger partial charge in [0.2, 0.25) is 0 Å². The van der Waals surface area contributed by atoms with E-state index in [0.717, 1.165) is 5.56 Å². The van der Waals surface area contributed by atoms with E-state index in [1.165, 1.54) is 11.8 Å². The number of benzene rings is 2. The van der Waals surface area contributed by atoms with Gasteiger partial charge in [0.15, 0.2) is 9.84 Å². The number of sulfone groups is 1. The van der Waals surface area contributed by atoms with Crippen molar-refractivity contribution in [1.82, 2.24) is 5.32 Å². The highest BCUT2D eigenvalue weighted by molar-refractivity contribution is 7.89. The smallest absolute Gasteiger partial charge is 0.251 e. The van der Waals surface area contributed by atoms with E-state index < -0.39 is 9.84 Å². The van der Waals surface area contributed by atoms with Crippen molar-refractivity contribution in [3.63, 3.8) is 0 Å². The standard InChI is InChI=1S/C20H25NO3S/c1-14(2)17-9-11-18(12-10-17)15(3)21-20(22)19-7-5-16(6-8-19)13-25(4,23)24/h5-12,14-15H,13H2,1-4H3,(H,21,22). The molecule has 1 unspecified atom stereocenters. The molecule has 1 N–H and O–H groups in total. The Balaban J connectivity index is 2.03. The summed E-state index contributed by atoms with van der Waals surface area (Å²) in [5.41, 5.74) is 3.51. The number of carbonyl (C=O) groups is 1. The van der Waals surface area contributed by atoms with Crippen LogP contribution in [0.4, 0.5) is 0 Å². The zero-order valence-corrected chi connectivity index (χ0v) is 15.9. The van der Waals surface area contributed by atoms with Gasteiger partial charge in [-0.25, -0.2) is 8.42 Å². The molecule has 0 fully saturated rings. The fourth-order valence-corrected chi connectivity index (χ4v) is 3.39. The van der Waals surface area contributed by atoms with Gasteiger partial charge in [-0.1, -0.05) is 50.2 Å². The Bertz CT molecular complexity index is 822. The Morgan fingerprint density at radius 3 is 1.92 bits per heavy atom. The molecule has 1 atom stereocenters. The molecule has 4 nitrogen and oxygen atoms in total. The van der Waals surface area contributed by atoms with E-state index in [9.17, 15) is 13.2 Å². The predicted molar refractivity (Wildman–Crippen MR) is 101 cm³/mol. The normalized spacial score (nSPS) is 12.8. The monoisotopic (exact) mass is 359 g/mol. The third-order valence-corrected chi connectivity index (χ3v) is 4.95. The summed E-state index contributed by atoms with van der Waals surface area (Å²) < 4.78 is 22.6. The van der Waals surface area contributed by atoms with Crippen molar-refractivity contribution in [1.29, 1.82) is 0 Å². The molecule has 25 heavy (non-hydrogen) atoms. The van der Waals surface area contributed by atoms with Crippen molar-refractivity contribution in [2.75, 3.05) is 6.26 Å². The fraction of sp³-hybridized carbons (Fsp3) is 0.350. The van der Waals surface area contributed by atoms with Crippen molar-refractivity contribution in [2.24, 2.45) is 0 Å². The lowest BCUT2D eigenvalue weighted by Crippen LogP contribution is -2.26. The molecule has 0 aliphatic heterocycles.